The quantitative estimate of drug-likeness (QED) is 0.942. The first-order valence-electron chi connectivity index (χ1n) is 7.50. The Morgan fingerprint density at radius 1 is 1.43 bits per heavy atom. The van der Waals surface area contributed by atoms with Crippen LogP contribution in [0.5, 0.6) is 0 Å². The van der Waals surface area contributed by atoms with E-state index >= 15 is 0 Å². The van der Waals surface area contributed by atoms with Gasteiger partial charge in [0, 0.05) is 38.9 Å². The van der Waals surface area contributed by atoms with Gasteiger partial charge >= 0.3 is 0 Å². The molecule has 6 heteroatoms. The molecular formula is C17H21FN4O. The minimum Gasteiger partial charge on any atom is -0.351 e. The number of allylic oxidation sites excluding steroid dienone is 1. The highest BCUT2D eigenvalue weighted by Crippen LogP contribution is 2.31. The number of hydrogen-bond acceptors (Lipinski definition) is 4. The van der Waals surface area contributed by atoms with E-state index in [0.717, 1.165) is 22.4 Å². The standard InChI is InChI=1S/C17H19FN4O.H2/c1-17(2,18)10-20-16-19-8-13-12(5-6-14(13)21-16)11-4-7-15(23)22(3)9-11;/h4-5,7-9H,6,10H2,1-3H3,(H,19,20,21);1H. The number of hydrogen-bond donors (Lipinski definition) is 1. The first-order valence-corrected chi connectivity index (χ1v) is 7.50. The summed E-state index contributed by atoms with van der Waals surface area (Å²) in [6, 6.07) is 3.36. The average molecular weight is 316 g/mol. The van der Waals surface area contributed by atoms with E-state index in [9.17, 15) is 9.18 Å². The average Bonchev–Trinajstić information content (AvgIpc) is 2.90. The van der Waals surface area contributed by atoms with E-state index in [2.05, 4.69) is 21.4 Å². The summed E-state index contributed by atoms with van der Waals surface area (Å²) in [7, 11) is 1.73. The highest BCUT2D eigenvalue weighted by Gasteiger charge is 2.20. The molecule has 0 saturated heterocycles. The Labute approximate surface area is 135 Å². The van der Waals surface area contributed by atoms with Gasteiger partial charge in [-0.2, -0.15) is 0 Å². The number of fused-ring (bicyclic) bond motifs is 1. The molecule has 0 bridgehead atoms. The van der Waals surface area contributed by atoms with Gasteiger partial charge in [0.2, 0.25) is 11.5 Å². The summed E-state index contributed by atoms with van der Waals surface area (Å²) in [5, 5.41) is 2.92. The van der Waals surface area contributed by atoms with Gasteiger partial charge in [0.05, 0.1) is 12.2 Å². The van der Waals surface area contributed by atoms with Gasteiger partial charge in [0.25, 0.3) is 0 Å². The number of pyridine rings is 1. The zero-order valence-electron chi connectivity index (χ0n) is 13.4. The molecule has 0 amide bonds. The van der Waals surface area contributed by atoms with Crippen LogP contribution in [0.2, 0.25) is 0 Å². The van der Waals surface area contributed by atoms with Gasteiger partial charge in [-0.05, 0) is 31.1 Å². The van der Waals surface area contributed by atoms with Crippen LogP contribution >= 0.6 is 0 Å². The van der Waals surface area contributed by atoms with Crippen molar-refractivity contribution in [3.63, 3.8) is 0 Å². The molecule has 1 aliphatic carbocycles. The van der Waals surface area contributed by atoms with Gasteiger partial charge in [-0.3, -0.25) is 4.79 Å². The number of nitrogens with one attached hydrogen (secondary N) is 1. The van der Waals surface area contributed by atoms with E-state index < -0.39 is 5.67 Å². The maximum atomic E-state index is 13.5. The summed E-state index contributed by atoms with van der Waals surface area (Å²) in [5.41, 5.74) is 2.47. The second-order valence-electron chi connectivity index (χ2n) is 6.32. The third kappa shape index (κ3) is 3.31. The van der Waals surface area contributed by atoms with Crippen molar-refractivity contribution in [2.24, 2.45) is 7.05 Å². The zero-order chi connectivity index (χ0) is 16.6. The number of alkyl halides is 1. The lowest BCUT2D eigenvalue weighted by atomic mass is 10.0. The fourth-order valence-corrected chi connectivity index (χ4v) is 2.51. The molecule has 3 rings (SSSR count). The van der Waals surface area contributed by atoms with Gasteiger partial charge < -0.3 is 9.88 Å². The first-order chi connectivity index (χ1) is 10.8. The van der Waals surface area contributed by atoms with E-state index in [0.29, 0.717) is 12.4 Å². The van der Waals surface area contributed by atoms with Crippen LogP contribution < -0.4 is 10.9 Å². The fourth-order valence-electron chi connectivity index (χ4n) is 2.51. The molecule has 0 saturated carbocycles. The van der Waals surface area contributed by atoms with Gasteiger partial charge in [-0.25, -0.2) is 14.4 Å². The molecule has 1 aliphatic rings. The van der Waals surface area contributed by atoms with Gasteiger partial charge in [0.15, 0.2) is 0 Å². The monoisotopic (exact) mass is 316 g/mol. The molecule has 0 atom stereocenters. The van der Waals surface area contributed by atoms with E-state index in [1.807, 2.05) is 0 Å². The minimum absolute atomic E-state index is 0. The fraction of sp³-hybridized carbons (Fsp3) is 0.353. The molecule has 5 nitrogen and oxygen atoms in total. The highest BCUT2D eigenvalue weighted by atomic mass is 19.1. The second-order valence-corrected chi connectivity index (χ2v) is 6.32. The van der Waals surface area contributed by atoms with Crippen molar-refractivity contribution < 1.29 is 5.82 Å². The topological polar surface area (TPSA) is 59.8 Å². The zero-order valence-corrected chi connectivity index (χ0v) is 13.4. The molecule has 1 N–H and O–H groups in total. The predicted octanol–water partition coefficient (Wildman–Crippen LogP) is 2.57. The van der Waals surface area contributed by atoms with Crippen LogP contribution in [0.1, 0.15) is 32.1 Å². The molecule has 0 radical (unpaired) electrons. The summed E-state index contributed by atoms with van der Waals surface area (Å²) >= 11 is 0. The number of aryl methyl sites for hydroxylation is 1. The normalized spacial score (nSPS) is 13.7. The molecule has 122 valence electrons. The number of aromatic nitrogens is 3. The molecule has 0 spiro atoms. The molecule has 0 fully saturated rings. The Kier molecular flexibility index (Phi) is 3.75. The molecule has 2 heterocycles. The Bertz CT molecular complexity index is 839. The Morgan fingerprint density at radius 2 is 2.22 bits per heavy atom. The SMILES string of the molecule is Cn1cc(C2=CCc3nc(NCC(C)(C)F)ncc32)ccc1=O.[HH]. The molecule has 2 aromatic heterocycles. The molecule has 0 aromatic carbocycles. The molecule has 0 aliphatic heterocycles. The molecule has 2 aromatic rings. The lowest BCUT2D eigenvalue weighted by Gasteiger charge is -2.15. The Balaban J connectivity index is 0.00000208. The molecule has 23 heavy (non-hydrogen) atoms. The smallest absolute Gasteiger partial charge is 0.250 e. The third-order valence-corrected chi connectivity index (χ3v) is 3.72. The van der Waals surface area contributed by atoms with Gasteiger partial charge in [-0.1, -0.05) is 6.08 Å². The number of halogens is 1. The molecule has 0 unspecified atom stereocenters. The highest BCUT2D eigenvalue weighted by molar-refractivity contribution is 5.83. The van der Waals surface area contributed by atoms with Crippen molar-refractivity contribution >= 4 is 11.5 Å². The van der Waals surface area contributed by atoms with E-state index in [1.54, 1.807) is 36.1 Å². The Morgan fingerprint density at radius 3 is 2.91 bits per heavy atom. The lowest BCUT2D eigenvalue weighted by Crippen LogP contribution is -2.25. The van der Waals surface area contributed by atoms with Crippen LogP contribution in [0.4, 0.5) is 10.3 Å². The maximum absolute atomic E-state index is 13.5. The Hall–Kier alpha value is -2.50. The van der Waals surface area contributed by atoms with E-state index in [-0.39, 0.29) is 13.5 Å². The largest absolute Gasteiger partial charge is 0.351 e. The van der Waals surface area contributed by atoms with Crippen LogP contribution in [0.25, 0.3) is 5.57 Å². The van der Waals surface area contributed by atoms with Crippen LogP contribution in [-0.2, 0) is 13.5 Å². The van der Waals surface area contributed by atoms with Crippen molar-refractivity contribution in [1.82, 2.24) is 14.5 Å². The van der Waals surface area contributed by atoms with E-state index in [1.165, 1.54) is 13.8 Å². The minimum atomic E-state index is -1.32. The summed E-state index contributed by atoms with van der Waals surface area (Å²) in [6.45, 7) is 3.17. The van der Waals surface area contributed by atoms with Crippen molar-refractivity contribution in [1.29, 1.82) is 0 Å². The lowest BCUT2D eigenvalue weighted by molar-refractivity contribution is 0.234. The van der Waals surface area contributed by atoms with Crippen LogP contribution in [0.15, 0.2) is 35.4 Å². The van der Waals surface area contributed by atoms with Crippen LogP contribution in [0, 0.1) is 0 Å². The summed E-state index contributed by atoms with van der Waals surface area (Å²) in [6.07, 6.45) is 6.33. The van der Waals surface area contributed by atoms with Gasteiger partial charge in [0.1, 0.15) is 5.67 Å². The summed E-state index contributed by atoms with van der Waals surface area (Å²) < 4.78 is 15.1. The predicted molar refractivity (Wildman–Crippen MR) is 90.3 cm³/mol. The van der Waals surface area contributed by atoms with Crippen molar-refractivity contribution in [3.8, 4) is 0 Å². The van der Waals surface area contributed by atoms with Crippen molar-refractivity contribution in [2.45, 2.75) is 25.9 Å². The first kappa shape index (κ1) is 15.4. The summed E-state index contributed by atoms with van der Waals surface area (Å²) in [5.74, 6) is 0.435. The number of rotatable bonds is 4. The van der Waals surface area contributed by atoms with Gasteiger partial charge in [-0.15, -0.1) is 0 Å². The summed E-state index contributed by atoms with van der Waals surface area (Å²) in [4.78, 5) is 20.2. The number of anilines is 1. The second kappa shape index (κ2) is 5.61. The van der Waals surface area contributed by atoms with E-state index in [4.69, 9.17) is 0 Å². The molecular weight excluding hydrogens is 295 g/mol. The number of nitrogens with zero attached hydrogens (tertiary/aromatic N) is 3. The maximum Gasteiger partial charge on any atom is 0.250 e. The van der Waals surface area contributed by atoms with Crippen molar-refractivity contribution in [3.05, 3.63) is 57.8 Å². The van der Waals surface area contributed by atoms with Crippen molar-refractivity contribution in [2.75, 3.05) is 11.9 Å². The van der Waals surface area contributed by atoms with Crippen LogP contribution in [0.3, 0.4) is 0 Å². The third-order valence-electron chi connectivity index (χ3n) is 3.72. The van der Waals surface area contributed by atoms with Crippen LogP contribution in [-0.4, -0.2) is 26.7 Å².